The fourth-order valence-corrected chi connectivity index (χ4v) is 3.43. The molecule has 2 atom stereocenters. The van der Waals surface area contributed by atoms with Crippen molar-refractivity contribution in [3.8, 4) is 0 Å². The van der Waals surface area contributed by atoms with Crippen molar-refractivity contribution >= 4 is 27.9 Å². The maximum Gasteiger partial charge on any atom is 0.408 e. The quantitative estimate of drug-likeness (QED) is 0.621. The molecule has 0 unspecified atom stereocenters. The van der Waals surface area contributed by atoms with Crippen molar-refractivity contribution in [3.05, 3.63) is 46.5 Å². The second kappa shape index (κ2) is 9.24. The van der Waals surface area contributed by atoms with Crippen LogP contribution in [0.25, 0.3) is 0 Å². The van der Waals surface area contributed by atoms with Crippen molar-refractivity contribution in [1.29, 1.82) is 0 Å². The molecule has 0 radical (unpaired) electrons. The Bertz CT molecular complexity index is 760. The van der Waals surface area contributed by atoms with Crippen LogP contribution in [0.15, 0.2) is 40.9 Å². The van der Waals surface area contributed by atoms with Crippen molar-refractivity contribution in [2.24, 2.45) is 0 Å². The van der Waals surface area contributed by atoms with Crippen LogP contribution in [-0.4, -0.2) is 47.6 Å². The molecular weight excluding hydrogens is 446 g/mol. The summed E-state index contributed by atoms with van der Waals surface area (Å²) in [5.74, 6) is -4.01. The molecule has 1 fully saturated rings. The normalized spacial score (nSPS) is 18.5. The van der Waals surface area contributed by atoms with Gasteiger partial charge in [-0.1, -0.05) is 40.2 Å². The molecule has 0 aromatic heterocycles. The molecule has 160 valence electrons. The molecule has 1 N–H and O–H groups in total. The van der Waals surface area contributed by atoms with E-state index in [0.717, 1.165) is 14.9 Å². The van der Waals surface area contributed by atoms with Crippen molar-refractivity contribution in [1.82, 2.24) is 10.2 Å². The summed E-state index contributed by atoms with van der Waals surface area (Å²) in [7, 11) is 0. The van der Waals surface area contributed by atoms with E-state index in [-0.39, 0.29) is 13.0 Å². The van der Waals surface area contributed by atoms with Gasteiger partial charge in [-0.05, 0) is 45.4 Å². The van der Waals surface area contributed by atoms with E-state index in [0.29, 0.717) is 0 Å². The minimum absolute atomic E-state index is 0.0543. The van der Waals surface area contributed by atoms with Crippen molar-refractivity contribution in [2.75, 3.05) is 13.1 Å². The second-order valence-electron chi connectivity index (χ2n) is 8.09. The van der Waals surface area contributed by atoms with Crippen LogP contribution in [-0.2, 0) is 9.53 Å². The predicted molar refractivity (Wildman–Crippen MR) is 111 cm³/mol. The van der Waals surface area contributed by atoms with E-state index in [1.807, 2.05) is 24.3 Å². The number of amides is 2. The number of hydrogen-bond acceptors (Lipinski definition) is 3. The van der Waals surface area contributed by atoms with E-state index in [2.05, 4.69) is 21.2 Å². The Labute approximate surface area is 178 Å². The highest BCUT2D eigenvalue weighted by atomic mass is 79.9. The fraction of sp³-hybridized carbons (Fsp3) is 0.524. The highest BCUT2D eigenvalue weighted by molar-refractivity contribution is 9.10. The number of benzene rings is 1. The van der Waals surface area contributed by atoms with Gasteiger partial charge in [-0.25, -0.2) is 13.6 Å². The number of hydrogen-bond donors (Lipinski definition) is 1. The third-order valence-corrected chi connectivity index (χ3v) is 4.96. The number of alkyl halides is 2. The van der Waals surface area contributed by atoms with Gasteiger partial charge in [0, 0.05) is 23.4 Å². The molecule has 1 aliphatic heterocycles. The monoisotopic (exact) mass is 472 g/mol. The number of likely N-dealkylation sites (tertiary alicyclic amines) is 1. The van der Waals surface area contributed by atoms with Crippen LogP contribution in [0.2, 0.25) is 0 Å². The zero-order valence-corrected chi connectivity index (χ0v) is 18.6. The largest absolute Gasteiger partial charge is 0.444 e. The summed E-state index contributed by atoms with van der Waals surface area (Å²) >= 11 is 3.37. The van der Waals surface area contributed by atoms with Gasteiger partial charge in [0.05, 0.1) is 6.54 Å². The first-order valence-corrected chi connectivity index (χ1v) is 10.3. The van der Waals surface area contributed by atoms with Gasteiger partial charge in [0.2, 0.25) is 5.91 Å². The van der Waals surface area contributed by atoms with Gasteiger partial charge in [-0.15, -0.1) is 0 Å². The minimum atomic E-state index is -2.92. The molecule has 1 heterocycles. The lowest BCUT2D eigenvalue weighted by atomic mass is 9.90. The van der Waals surface area contributed by atoms with Gasteiger partial charge in [-0.3, -0.25) is 4.79 Å². The van der Waals surface area contributed by atoms with E-state index >= 15 is 0 Å². The smallest absolute Gasteiger partial charge is 0.408 e. The summed E-state index contributed by atoms with van der Waals surface area (Å²) in [4.78, 5) is 26.7. The topological polar surface area (TPSA) is 58.6 Å². The molecule has 1 aromatic carbocycles. The summed E-state index contributed by atoms with van der Waals surface area (Å²) in [6, 6.07) is 6.22. The third-order valence-electron chi connectivity index (χ3n) is 4.43. The van der Waals surface area contributed by atoms with E-state index < -0.39 is 42.0 Å². The van der Waals surface area contributed by atoms with Crippen LogP contribution < -0.4 is 5.32 Å². The number of rotatable bonds is 5. The number of ether oxygens (including phenoxy) is 1. The SMILES string of the molecule is CC=C[C@@H](c1ccc(Br)cc1)[C@H](NC(=O)OC(C)(C)C)C(=O)N1CCC(F)(F)C1. The van der Waals surface area contributed by atoms with Gasteiger partial charge in [0.1, 0.15) is 11.6 Å². The molecule has 29 heavy (non-hydrogen) atoms. The van der Waals surface area contributed by atoms with Crippen LogP contribution in [0.5, 0.6) is 0 Å². The van der Waals surface area contributed by atoms with E-state index in [1.54, 1.807) is 39.8 Å². The molecule has 1 aliphatic rings. The summed E-state index contributed by atoms with van der Waals surface area (Å²) in [5, 5.41) is 2.62. The lowest BCUT2D eigenvalue weighted by Gasteiger charge is -2.30. The van der Waals surface area contributed by atoms with Gasteiger partial charge >= 0.3 is 6.09 Å². The molecular formula is C21H27BrF2N2O3. The Kier molecular flexibility index (Phi) is 7.43. The van der Waals surface area contributed by atoms with Crippen molar-refractivity contribution in [2.45, 2.75) is 57.6 Å². The first kappa shape index (κ1) is 23.3. The highest BCUT2D eigenvalue weighted by Gasteiger charge is 2.43. The molecule has 2 amide bonds. The lowest BCUT2D eigenvalue weighted by Crippen LogP contribution is -2.52. The molecule has 1 aromatic rings. The summed E-state index contributed by atoms with van der Waals surface area (Å²) in [6.45, 7) is 6.22. The number of carbonyl (C=O) groups excluding carboxylic acids is 2. The lowest BCUT2D eigenvalue weighted by molar-refractivity contribution is -0.134. The average molecular weight is 473 g/mol. The zero-order chi connectivity index (χ0) is 21.8. The molecule has 2 rings (SSSR count). The summed E-state index contributed by atoms with van der Waals surface area (Å²) < 4.78 is 33.6. The molecule has 0 saturated carbocycles. The summed E-state index contributed by atoms with van der Waals surface area (Å²) in [6.07, 6.45) is 2.39. The first-order chi connectivity index (χ1) is 13.4. The molecule has 0 spiro atoms. The Morgan fingerprint density at radius 3 is 2.38 bits per heavy atom. The Morgan fingerprint density at radius 1 is 1.28 bits per heavy atom. The van der Waals surface area contributed by atoms with Crippen molar-refractivity contribution < 1.29 is 23.1 Å². The van der Waals surface area contributed by atoms with E-state index in [1.165, 1.54) is 0 Å². The number of alkyl carbamates (subject to hydrolysis) is 1. The number of nitrogens with zero attached hydrogens (tertiary/aromatic N) is 1. The van der Waals surface area contributed by atoms with Gasteiger partial charge in [-0.2, -0.15) is 0 Å². The van der Waals surface area contributed by atoms with Crippen LogP contribution in [0, 0.1) is 0 Å². The van der Waals surface area contributed by atoms with Crippen LogP contribution in [0.3, 0.4) is 0 Å². The molecule has 1 saturated heterocycles. The zero-order valence-electron chi connectivity index (χ0n) is 17.0. The van der Waals surface area contributed by atoms with E-state index in [4.69, 9.17) is 4.74 Å². The predicted octanol–water partition coefficient (Wildman–Crippen LogP) is 4.87. The minimum Gasteiger partial charge on any atom is -0.444 e. The van der Waals surface area contributed by atoms with Crippen LogP contribution in [0.4, 0.5) is 13.6 Å². The Balaban J connectivity index is 2.36. The maximum absolute atomic E-state index is 13.7. The van der Waals surface area contributed by atoms with Crippen LogP contribution >= 0.6 is 15.9 Å². The summed E-state index contributed by atoms with van der Waals surface area (Å²) in [5.41, 5.74) is 0.0122. The number of nitrogens with one attached hydrogen (secondary N) is 1. The number of halogens is 3. The highest BCUT2D eigenvalue weighted by Crippen LogP contribution is 2.30. The Hall–Kier alpha value is -1.96. The fourth-order valence-electron chi connectivity index (χ4n) is 3.17. The molecule has 8 heteroatoms. The third kappa shape index (κ3) is 6.80. The molecule has 0 aliphatic carbocycles. The second-order valence-corrected chi connectivity index (χ2v) is 9.01. The van der Waals surface area contributed by atoms with Crippen LogP contribution in [0.1, 0.15) is 45.6 Å². The van der Waals surface area contributed by atoms with E-state index in [9.17, 15) is 18.4 Å². The Morgan fingerprint density at radius 2 is 1.90 bits per heavy atom. The van der Waals surface area contributed by atoms with Gasteiger partial charge in [0.25, 0.3) is 5.92 Å². The molecule has 0 bridgehead atoms. The van der Waals surface area contributed by atoms with Gasteiger partial charge < -0.3 is 15.0 Å². The average Bonchev–Trinajstić information content (AvgIpc) is 2.97. The maximum atomic E-state index is 13.7. The number of allylic oxidation sites excluding steroid dienone is 1. The molecule has 5 nitrogen and oxygen atoms in total. The first-order valence-electron chi connectivity index (χ1n) is 9.46. The van der Waals surface area contributed by atoms with Crippen molar-refractivity contribution in [3.63, 3.8) is 0 Å². The number of carbonyl (C=O) groups is 2. The standard InChI is InChI=1S/C21H27BrF2N2O3/c1-5-6-16(14-7-9-15(22)10-8-14)17(25-19(28)29-20(2,3)4)18(27)26-12-11-21(23,24)13-26/h5-10,16-17H,11-13H2,1-4H3,(H,25,28)/t16-,17-/m0/s1. The van der Waals surface area contributed by atoms with Gasteiger partial charge in [0.15, 0.2) is 0 Å².